The minimum atomic E-state index is -0.346. The Balaban J connectivity index is 2.23. The highest BCUT2D eigenvalue weighted by Crippen LogP contribution is 2.59. The molecule has 0 heterocycles. The molecule has 1 aromatic carbocycles. The fraction of sp³-hybridized carbons (Fsp3) is 0.421. The van der Waals surface area contributed by atoms with Crippen molar-refractivity contribution < 1.29 is 14.3 Å². The van der Waals surface area contributed by atoms with E-state index in [2.05, 4.69) is 24.0 Å². The van der Waals surface area contributed by atoms with Gasteiger partial charge in [-0.2, -0.15) is 0 Å². The molecule has 2 unspecified atom stereocenters. The van der Waals surface area contributed by atoms with Crippen molar-refractivity contribution in [3.63, 3.8) is 0 Å². The zero-order valence-electron chi connectivity index (χ0n) is 13.6. The average molecular weight is 298 g/mol. The lowest BCUT2D eigenvalue weighted by Crippen LogP contribution is -2.10. The van der Waals surface area contributed by atoms with Crippen LogP contribution in [0.5, 0.6) is 0 Å². The fourth-order valence-electron chi connectivity index (χ4n) is 2.60. The number of allylic oxidation sites excluding steroid dienone is 2. The van der Waals surface area contributed by atoms with Crippen molar-refractivity contribution in [3.05, 3.63) is 47.2 Å². The number of rotatable bonds is 4. The first-order chi connectivity index (χ1) is 10.5. The van der Waals surface area contributed by atoms with Crippen molar-refractivity contribution in [2.45, 2.75) is 33.1 Å². The van der Waals surface area contributed by atoms with E-state index in [1.807, 2.05) is 32.0 Å². The maximum absolute atomic E-state index is 11.2. The number of carbonyl (C=O) groups excluding carboxylic acids is 1. The van der Waals surface area contributed by atoms with Gasteiger partial charge in [-0.25, -0.2) is 0 Å². The minimum Gasteiger partial charge on any atom is -0.417 e. The van der Waals surface area contributed by atoms with Crippen molar-refractivity contribution in [1.29, 1.82) is 0 Å². The van der Waals surface area contributed by atoms with Gasteiger partial charge in [0.2, 0.25) is 0 Å². The van der Waals surface area contributed by atoms with Crippen molar-refractivity contribution in [2.75, 3.05) is 13.7 Å². The van der Waals surface area contributed by atoms with Crippen LogP contribution in [0.25, 0.3) is 0 Å². The lowest BCUT2D eigenvalue weighted by Gasteiger charge is -2.10. The van der Waals surface area contributed by atoms with Gasteiger partial charge in [0.25, 0.3) is 0 Å². The van der Waals surface area contributed by atoms with Crippen LogP contribution in [0.2, 0.25) is 0 Å². The third kappa shape index (κ3) is 3.78. The third-order valence-corrected chi connectivity index (χ3v) is 3.80. The Hall–Kier alpha value is -2.05. The first kappa shape index (κ1) is 16.3. The van der Waals surface area contributed by atoms with Crippen LogP contribution in [-0.4, -0.2) is 19.7 Å². The molecule has 0 bridgehead atoms. The van der Waals surface area contributed by atoms with Gasteiger partial charge in [0.15, 0.2) is 5.76 Å². The van der Waals surface area contributed by atoms with Gasteiger partial charge in [-0.05, 0) is 37.3 Å². The molecule has 2 atom stereocenters. The van der Waals surface area contributed by atoms with Gasteiger partial charge < -0.3 is 9.47 Å². The molecule has 116 valence electrons. The summed E-state index contributed by atoms with van der Waals surface area (Å²) in [5.41, 5.74) is 1.99. The average Bonchev–Trinajstić information content (AvgIpc) is 3.19. The van der Waals surface area contributed by atoms with E-state index in [1.165, 1.54) is 12.5 Å². The number of ether oxygens (including phenoxy) is 2. The van der Waals surface area contributed by atoms with Crippen LogP contribution in [0.15, 0.2) is 41.7 Å². The Labute approximate surface area is 132 Å². The second kappa shape index (κ2) is 6.81. The number of carbonyl (C=O) groups is 1. The number of hydrogen-bond donors (Lipinski definition) is 0. The van der Waals surface area contributed by atoms with E-state index in [4.69, 9.17) is 9.47 Å². The van der Waals surface area contributed by atoms with Gasteiger partial charge in [0.1, 0.15) is 0 Å². The predicted octanol–water partition coefficient (Wildman–Crippen LogP) is 3.67. The monoisotopic (exact) mass is 298 g/mol. The molecule has 0 saturated heterocycles. The van der Waals surface area contributed by atoms with E-state index >= 15 is 0 Å². The van der Waals surface area contributed by atoms with E-state index in [9.17, 15) is 4.79 Å². The van der Waals surface area contributed by atoms with Crippen LogP contribution in [0, 0.1) is 17.3 Å². The SMILES string of the molecule is COCC1(C#CC(OC(C)=O)=C(C)C)CC1c1ccccc1. The highest BCUT2D eigenvalue weighted by Gasteiger charge is 2.54. The largest absolute Gasteiger partial charge is 0.417 e. The van der Waals surface area contributed by atoms with Gasteiger partial charge in [-0.15, -0.1) is 0 Å². The van der Waals surface area contributed by atoms with Crippen LogP contribution < -0.4 is 0 Å². The van der Waals surface area contributed by atoms with E-state index in [0.29, 0.717) is 18.3 Å². The highest BCUT2D eigenvalue weighted by molar-refractivity contribution is 5.68. The maximum Gasteiger partial charge on any atom is 0.308 e. The van der Waals surface area contributed by atoms with Crippen LogP contribution in [0.3, 0.4) is 0 Å². The summed E-state index contributed by atoms with van der Waals surface area (Å²) in [7, 11) is 1.69. The summed E-state index contributed by atoms with van der Waals surface area (Å²) in [6.07, 6.45) is 0.966. The minimum absolute atomic E-state index is 0.184. The molecule has 22 heavy (non-hydrogen) atoms. The molecule has 1 aliphatic carbocycles. The fourth-order valence-corrected chi connectivity index (χ4v) is 2.60. The molecule has 1 saturated carbocycles. The number of methoxy groups -OCH3 is 1. The Morgan fingerprint density at radius 2 is 1.95 bits per heavy atom. The van der Waals surface area contributed by atoms with Crippen molar-refractivity contribution in [1.82, 2.24) is 0 Å². The Morgan fingerprint density at radius 3 is 2.50 bits per heavy atom. The van der Waals surface area contributed by atoms with Gasteiger partial charge >= 0.3 is 5.97 Å². The lowest BCUT2D eigenvalue weighted by atomic mass is 10.00. The first-order valence-electron chi connectivity index (χ1n) is 7.41. The zero-order valence-corrected chi connectivity index (χ0v) is 13.6. The molecule has 1 aliphatic rings. The Bertz CT molecular complexity index is 630. The first-order valence-corrected chi connectivity index (χ1v) is 7.41. The summed E-state index contributed by atoms with van der Waals surface area (Å²) < 4.78 is 10.5. The zero-order chi connectivity index (χ0) is 16.2. The molecule has 0 N–H and O–H groups in total. The summed E-state index contributed by atoms with van der Waals surface area (Å²) in [6, 6.07) is 10.3. The van der Waals surface area contributed by atoms with Gasteiger partial charge in [0, 0.05) is 20.0 Å². The van der Waals surface area contributed by atoms with Crippen molar-refractivity contribution in [3.8, 4) is 11.8 Å². The van der Waals surface area contributed by atoms with Crippen LogP contribution >= 0.6 is 0 Å². The highest BCUT2D eigenvalue weighted by atomic mass is 16.5. The van der Waals surface area contributed by atoms with Gasteiger partial charge in [0.05, 0.1) is 12.0 Å². The molecule has 0 radical (unpaired) electrons. The molecule has 3 nitrogen and oxygen atoms in total. The summed E-state index contributed by atoms with van der Waals surface area (Å²) in [6.45, 7) is 5.74. The van der Waals surface area contributed by atoms with Crippen molar-refractivity contribution in [2.24, 2.45) is 5.41 Å². The molecule has 1 fully saturated rings. The standard InChI is InChI=1S/C19H22O3/c1-14(2)18(22-15(3)20)10-11-19(13-21-4)12-17(19)16-8-6-5-7-9-16/h5-9,17H,12-13H2,1-4H3. The Kier molecular flexibility index (Phi) is 5.05. The smallest absolute Gasteiger partial charge is 0.308 e. The normalized spacial score (nSPS) is 22.3. The molecule has 0 aliphatic heterocycles. The summed E-state index contributed by atoms with van der Waals surface area (Å²) in [5, 5.41) is 0. The summed E-state index contributed by atoms with van der Waals surface area (Å²) in [5.74, 6) is 6.81. The van der Waals surface area contributed by atoms with Crippen LogP contribution in [0.1, 0.15) is 38.7 Å². The molecule has 0 amide bonds. The van der Waals surface area contributed by atoms with E-state index < -0.39 is 0 Å². The van der Waals surface area contributed by atoms with E-state index in [-0.39, 0.29) is 11.4 Å². The van der Waals surface area contributed by atoms with Gasteiger partial charge in [-0.3, -0.25) is 4.79 Å². The number of esters is 1. The molecular formula is C19H22O3. The summed E-state index contributed by atoms with van der Waals surface area (Å²) >= 11 is 0. The summed E-state index contributed by atoms with van der Waals surface area (Å²) in [4.78, 5) is 11.2. The number of hydrogen-bond acceptors (Lipinski definition) is 3. The molecule has 2 rings (SSSR count). The van der Waals surface area contributed by atoms with Crippen molar-refractivity contribution >= 4 is 5.97 Å². The maximum atomic E-state index is 11.2. The third-order valence-electron chi connectivity index (χ3n) is 3.80. The van der Waals surface area contributed by atoms with E-state index in [1.54, 1.807) is 7.11 Å². The molecule has 3 heteroatoms. The van der Waals surface area contributed by atoms with Crippen LogP contribution in [-0.2, 0) is 14.3 Å². The van der Waals surface area contributed by atoms with E-state index in [0.717, 1.165) is 12.0 Å². The van der Waals surface area contributed by atoms with Gasteiger partial charge in [-0.1, -0.05) is 36.3 Å². The molecular weight excluding hydrogens is 276 g/mol. The predicted molar refractivity (Wildman–Crippen MR) is 86.0 cm³/mol. The molecule has 0 spiro atoms. The second-order valence-corrected chi connectivity index (χ2v) is 5.93. The molecule has 0 aromatic heterocycles. The topological polar surface area (TPSA) is 35.5 Å². The lowest BCUT2D eigenvalue weighted by molar-refractivity contribution is -0.136. The molecule has 1 aromatic rings. The Morgan fingerprint density at radius 1 is 1.27 bits per heavy atom. The quantitative estimate of drug-likeness (QED) is 0.483. The second-order valence-electron chi connectivity index (χ2n) is 5.93. The number of benzene rings is 1. The van der Waals surface area contributed by atoms with Crippen LogP contribution in [0.4, 0.5) is 0 Å².